The molecule has 1 aromatic heterocycles. The first-order valence-corrected chi connectivity index (χ1v) is 5.34. The lowest BCUT2D eigenvalue weighted by molar-refractivity contribution is 0.270. The van der Waals surface area contributed by atoms with Gasteiger partial charge in [0.05, 0.1) is 6.61 Å². The van der Waals surface area contributed by atoms with Crippen LogP contribution in [0.2, 0.25) is 0 Å². The molecule has 0 fully saturated rings. The van der Waals surface area contributed by atoms with Crippen LogP contribution in [0, 0.1) is 0 Å². The van der Waals surface area contributed by atoms with E-state index in [1.165, 1.54) is 0 Å². The quantitative estimate of drug-likeness (QED) is 0.773. The number of hydrogen-bond donors (Lipinski definition) is 1. The number of aliphatic hydroxyl groups excluding tert-OH is 1. The Morgan fingerprint density at radius 3 is 2.42 bits per heavy atom. The van der Waals surface area contributed by atoms with Crippen molar-refractivity contribution in [2.45, 2.75) is 18.2 Å². The van der Waals surface area contributed by atoms with Gasteiger partial charge >= 0.3 is 0 Å². The lowest BCUT2D eigenvalue weighted by atomic mass is 10.2. The summed E-state index contributed by atoms with van der Waals surface area (Å²) in [7, 11) is 0. The first-order valence-electron chi connectivity index (χ1n) is 4.05. The maximum absolute atomic E-state index is 9.06. The van der Waals surface area contributed by atoms with Gasteiger partial charge in [0.2, 0.25) is 0 Å². The van der Waals surface area contributed by atoms with Gasteiger partial charge in [0, 0.05) is 23.7 Å². The smallest absolute Gasteiger partial charge is 0.0569 e. The summed E-state index contributed by atoms with van der Waals surface area (Å²) in [6.45, 7) is 2.36. The topological polar surface area (TPSA) is 25.2 Å². The van der Waals surface area contributed by atoms with Crippen molar-refractivity contribution < 1.29 is 5.11 Å². The molecule has 0 aliphatic rings. The monoisotopic (exact) mass is 185 g/mol. The van der Waals surface area contributed by atoms with Crippen LogP contribution < -0.4 is 0 Å². The van der Waals surface area contributed by atoms with Crippen molar-refractivity contribution in [3.05, 3.63) is 24.5 Å². The Balaban J connectivity index is 2.63. The average Bonchev–Trinajstić information content (AvgIpc) is 2.58. The number of hydrogen-bond acceptors (Lipinski definition) is 2. The highest BCUT2D eigenvalue weighted by Gasteiger charge is 2.15. The fraction of sp³-hybridized carbons (Fsp3) is 0.556. The van der Waals surface area contributed by atoms with Crippen molar-refractivity contribution in [3.63, 3.8) is 0 Å². The molecule has 0 amide bonds. The summed E-state index contributed by atoms with van der Waals surface area (Å²) in [5, 5.41) is 9.35. The molecule has 12 heavy (non-hydrogen) atoms. The van der Waals surface area contributed by atoms with E-state index >= 15 is 0 Å². The second kappa shape index (κ2) is 4.58. The summed E-state index contributed by atoms with van der Waals surface area (Å²) < 4.78 is 2.12. The molecule has 3 heteroatoms. The van der Waals surface area contributed by atoms with Crippen LogP contribution in [0.15, 0.2) is 24.5 Å². The van der Waals surface area contributed by atoms with Gasteiger partial charge in [-0.05, 0) is 25.3 Å². The third kappa shape index (κ3) is 2.05. The summed E-state index contributed by atoms with van der Waals surface area (Å²) in [6, 6.07) is 4.37. The molecule has 1 aromatic rings. The van der Waals surface area contributed by atoms with Crippen LogP contribution in [0.5, 0.6) is 0 Å². The van der Waals surface area contributed by atoms with Gasteiger partial charge in [-0.1, -0.05) is 0 Å². The van der Waals surface area contributed by atoms with Crippen molar-refractivity contribution in [3.8, 4) is 0 Å². The minimum atomic E-state index is 0.237. The first kappa shape index (κ1) is 9.68. The molecule has 1 N–H and O–H groups in total. The maximum Gasteiger partial charge on any atom is 0.0569 e. The average molecular weight is 185 g/mol. The summed E-state index contributed by atoms with van der Waals surface area (Å²) in [4.78, 5) is 0. The van der Waals surface area contributed by atoms with Crippen LogP contribution in [0.4, 0.5) is 0 Å². The summed E-state index contributed by atoms with van der Waals surface area (Å²) >= 11 is 1.71. The van der Waals surface area contributed by atoms with Crippen LogP contribution in [-0.2, 0) is 0 Å². The maximum atomic E-state index is 9.06. The van der Waals surface area contributed by atoms with Crippen molar-refractivity contribution in [2.75, 3.05) is 12.9 Å². The zero-order chi connectivity index (χ0) is 8.97. The molecule has 0 bridgehead atoms. The molecule has 0 aliphatic carbocycles. The Morgan fingerprint density at radius 2 is 2.00 bits per heavy atom. The van der Waals surface area contributed by atoms with E-state index in [0.717, 1.165) is 0 Å². The number of rotatable bonds is 4. The Hall–Kier alpha value is -0.410. The molecule has 1 heterocycles. The second-order valence-corrected chi connectivity index (χ2v) is 3.90. The highest BCUT2D eigenvalue weighted by Crippen LogP contribution is 2.20. The minimum Gasteiger partial charge on any atom is -0.395 e. The van der Waals surface area contributed by atoms with Crippen LogP contribution in [0.3, 0.4) is 0 Å². The molecule has 0 radical (unpaired) electrons. The van der Waals surface area contributed by atoms with E-state index in [2.05, 4.69) is 11.5 Å². The van der Waals surface area contributed by atoms with Gasteiger partial charge in [-0.3, -0.25) is 0 Å². The fourth-order valence-corrected chi connectivity index (χ4v) is 1.92. The molecular weight excluding hydrogens is 170 g/mol. The SMILES string of the molecule is CSC(CO)C(C)n1cccc1. The second-order valence-electron chi connectivity index (χ2n) is 2.83. The molecule has 1 rings (SSSR count). The Kier molecular flexibility index (Phi) is 3.69. The van der Waals surface area contributed by atoms with Crippen LogP contribution in [0.1, 0.15) is 13.0 Å². The van der Waals surface area contributed by atoms with Crippen molar-refractivity contribution in [1.29, 1.82) is 0 Å². The van der Waals surface area contributed by atoms with E-state index in [9.17, 15) is 0 Å². The Bertz CT molecular complexity index is 206. The van der Waals surface area contributed by atoms with Crippen molar-refractivity contribution >= 4 is 11.8 Å². The Labute approximate surface area is 77.6 Å². The third-order valence-corrected chi connectivity index (χ3v) is 3.27. The molecule has 68 valence electrons. The van der Waals surface area contributed by atoms with Gasteiger partial charge in [-0.2, -0.15) is 11.8 Å². The van der Waals surface area contributed by atoms with Gasteiger partial charge in [0.1, 0.15) is 0 Å². The highest BCUT2D eigenvalue weighted by molar-refractivity contribution is 7.99. The predicted molar refractivity (Wildman–Crippen MR) is 53.5 cm³/mol. The lowest BCUT2D eigenvalue weighted by Gasteiger charge is -2.21. The Morgan fingerprint density at radius 1 is 1.42 bits per heavy atom. The minimum absolute atomic E-state index is 0.237. The van der Waals surface area contributed by atoms with Gasteiger partial charge in [0.25, 0.3) is 0 Å². The summed E-state index contributed by atoms with van der Waals surface area (Å²) in [5.74, 6) is 0. The molecule has 0 aromatic carbocycles. The van der Waals surface area contributed by atoms with Crippen molar-refractivity contribution in [2.24, 2.45) is 0 Å². The normalized spacial score (nSPS) is 15.9. The molecule has 0 saturated carbocycles. The predicted octanol–water partition coefficient (Wildman–Crippen LogP) is 1.77. The standard InChI is InChI=1S/C9H15NOS/c1-8(9(7-11)12-2)10-5-3-4-6-10/h3-6,8-9,11H,7H2,1-2H3. The fourth-order valence-electron chi connectivity index (χ4n) is 1.24. The molecule has 0 aliphatic heterocycles. The van der Waals surface area contributed by atoms with E-state index < -0.39 is 0 Å². The zero-order valence-corrected chi connectivity index (χ0v) is 8.29. The summed E-state index contributed by atoms with van der Waals surface area (Å²) in [5.41, 5.74) is 0. The van der Waals surface area contributed by atoms with Crippen molar-refractivity contribution in [1.82, 2.24) is 4.57 Å². The molecular formula is C9H15NOS. The molecule has 2 atom stereocenters. The van der Waals surface area contributed by atoms with Crippen LogP contribution in [0.25, 0.3) is 0 Å². The number of aliphatic hydroxyl groups is 1. The van der Waals surface area contributed by atoms with Gasteiger partial charge in [0.15, 0.2) is 0 Å². The third-order valence-electron chi connectivity index (χ3n) is 2.12. The van der Waals surface area contributed by atoms with Gasteiger partial charge < -0.3 is 9.67 Å². The molecule has 2 nitrogen and oxygen atoms in total. The van der Waals surface area contributed by atoms with E-state index in [1.54, 1.807) is 11.8 Å². The van der Waals surface area contributed by atoms with Gasteiger partial charge in [-0.15, -0.1) is 0 Å². The number of nitrogens with zero attached hydrogens (tertiary/aromatic N) is 1. The van der Waals surface area contributed by atoms with E-state index in [1.807, 2.05) is 30.8 Å². The van der Waals surface area contributed by atoms with E-state index in [4.69, 9.17) is 5.11 Å². The number of aromatic nitrogens is 1. The van der Waals surface area contributed by atoms with Gasteiger partial charge in [-0.25, -0.2) is 0 Å². The first-order chi connectivity index (χ1) is 5.79. The highest BCUT2D eigenvalue weighted by atomic mass is 32.2. The molecule has 0 spiro atoms. The molecule has 0 saturated heterocycles. The number of thioether (sulfide) groups is 1. The molecule has 2 unspecified atom stereocenters. The lowest BCUT2D eigenvalue weighted by Crippen LogP contribution is -2.21. The summed E-state index contributed by atoms with van der Waals surface area (Å²) in [6.07, 6.45) is 6.09. The van der Waals surface area contributed by atoms with E-state index in [-0.39, 0.29) is 11.9 Å². The van der Waals surface area contributed by atoms with E-state index in [0.29, 0.717) is 6.04 Å². The zero-order valence-electron chi connectivity index (χ0n) is 7.47. The largest absolute Gasteiger partial charge is 0.395 e. The van der Waals surface area contributed by atoms with Crippen LogP contribution in [-0.4, -0.2) is 27.8 Å². The van der Waals surface area contributed by atoms with Crippen LogP contribution >= 0.6 is 11.8 Å².